The van der Waals surface area contributed by atoms with Gasteiger partial charge in [-0.25, -0.2) is 0 Å². The molecule has 0 aliphatic heterocycles. The van der Waals surface area contributed by atoms with Crippen molar-refractivity contribution < 1.29 is 14.6 Å². The predicted molar refractivity (Wildman–Crippen MR) is 85.3 cm³/mol. The van der Waals surface area contributed by atoms with Gasteiger partial charge in [0.1, 0.15) is 5.75 Å². The van der Waals surface area contributed by atoms with Gasteiger partial charge in [0.25, 0.3) is 0 Å². The number of ether oxygens (including phenoxy) is 1. The van der Waals surface area contributed by atoms with Gasteiger partial charge < -0.3 is 14.7 Å². The van der Waals surface area contributed by atoms with Crippen molar-refractivity contribution in [2.75, 3.05) is 19.8 Å². The Kier molecular flexibility index (Phi) is 6.51. The average Bonchev–Trinajstić information content (AvgIpc) is 2.41. The Morgan fingerprint density at radius 3 is 2.86 bits per heavy atom. The molecular weight excluding hydrogens is 334 g/mol. The van der Waals surface area contributed by atoms with Crippen LogP contribution in [-0.2, 0) is 4.79 Å². The van der Waals surface area contributed by atoms with Crippen molar-refractivity contribution in [3.63, 3.8) is 0 Å². The Morgan fingerprint density at radius 2 is 2.24 bits per heavy atom. The first kappa shape index (κ1) is 16.3. The molecule has 1 aliphatic rings. The number of aliphatic hydroxyl groups is 1. The molecule has 1 saturated carbocycles. The molecule has 1 aromatic carbocycles. The van der Waals surface area contributed by atoms with Crippen molar-refractivity contribution in [2.24, 2.45) is 0 Å². The average molecular weight is 356 g/mol. The van der Waals surface area contributed by atoms with E-state index in [1.807, 2.05) is 29.2 Å². The Hall–Kier alpha value is -1.07. The van der Waals surface area contributed by atoms with Crippen LogP contribution >= 0.6 is 15.9 Å². The van der Waals surface area contributed by atoms with Gasteiger partial charge in [-0.15, -0.1) is 0 Å². The third-order valence-corrected chi connectivity index (χ3v) is 4.27. The van der Waals surface area contributed by atoms with Crippen LogP contribution in [0.5, 0.6) is 5.75 Å². The van der Waals surface area contributed by atoms with Crippen LogP contribution in [0.25, 0.3) is 0 Å². The van der Waals surface area contributed by atoms with E-state index in [1.165, 1.54) is 6.42 Å². The molecule has 2 rings (SSSR count). The van der Waals surface area contributed by atoms with E-state index in [9.17, 15) is 4.79 Å². The van der Waals surface area contributed by atoms with E-state index in [0.29, 0.717) is 32.0 Å². The molecule has 21 heavy (non-hydrogen) atoms. The largest absolute Gasteiger partial charge is 0.493 e. The summed E-state index contributed by atoms with van der Waals surface area (Å²) in [6, 6.07) is 7.98. The molecule has 1 N–H and O–H groups in total. The molecule has 0 aromatic heterocycles. The number of amides is 1. The van der Waals surface area contributed by atoms with E-state index in [-0.39, 0.29) is 12.5 Å². The van der Waals surface area contributed by atoms with Gasteiger partial charge >= 0.3 is 0 Å². The molecule has 1 fully saturated rings. The van der Waals surface area contributed by atoms with E-state index >= 15 is 0 Å². The smallest absolute Gasteiger partial charge is 0.226 e. The van der Waals surface area contributed by atoms with Crippen molar-refractivity contribution in [3.8, 4) is 5.75 Å². The molecular formula is C16H22BrNO3. The minimum Gasteiger partial charge on any atom is -0.493 e. The van der Waals surface area contributed by atoms with Crippen molar-refractivity contribution in [3.05, 3.63) is 28.7 Å². The molecule has 0 saturated heterocycles. The number of hydrogen-bond acceptors (Lipinski definition) is 3. The highest BCUT2D eigenvalue weighted by Gasteiger charge is 2.27. The summed E-state index contributed by atoms with van der Waals surface area (Å²) in [5.41, 5.74) is 0. The maximum Gasteiger partial charge on any atom is 0.226 e. The maximum atomic E-state index is 12.3. The topological polar surface area (TPSA) is 49.8 Å². The Morgan fingerprint density at radius 1 is 1.43 bits per heavy atom. The zero-order valence-corrected chi connectivity index (χ0v) is 13.7. The van der Waals surface area contributed by atoms with Crippen LogP contribution in [0, 0.1) is 0 Å². The summed E-state index contributed by atoms with van der Waals surface area (Å²) in [7, 11) is 0. The summed E-state index contributed by atoms with van der Waals surface area (Å²) in [6.45, 7) is 1.17. The second-order valence-corrected chi connectivity index (χ2v) is 6.22. The lowest BCUT2D eigenvalue weighted by Gasteiger charge is -2.37. The summed E-state index contributed by atoms with van der Waals surface area (Å²) >= 11 is 3.39. The van der Waals surface area contributed by atoms with Crippen LogP contribution in [0.2, 0.25) is 0 Å². The molecule has 0 spiro atoms. The van der Waals surface area contributed by atoms with Gasteiger partial charge in [-0.1, -0.05) is 22.0 Å². The minimum atomic E-state index is 0.128. The zero-order chi connectivity index (χ0) is 15.1. The molecule has 0 unspecified atom stereocenters. The SMILES string of the molecule is O=C(CCOc1cccc(Br)c1)N(CCCO)C1CCC1. The van der Waals surface area contributed by atoms with Gasteiger partial charge in [-0.3, -0.25) is 4.79 Å². The number of nitrogens with zero attached hydrogens (tertiary/aromatic N) is 1. The molecule has 116 valence electrons. The number of aliphatic hydroxyl groups excluding tert-OH is 1. The molecule has 0 heterocycles. The van der Waals surface area contributed by atoms with E-state index in [1.54, 1.807) is 0 Å². The highest BCUT2D eigenvalue weighted by atomic mass is 79.9. The van der Waals surface area contributed by atoms with Crippen LogP contribution in [0.3, 0.4) is 0 Å². The third kappa shape index (κ3) is 5.00. The highest BCUT2D eigenvalue weighted by Crippen LogP contribution is 2.25. The monoisotopic (exact) mass is 355 g/mol. The normalized spacial score (nSPS) is 14.6. The summed E-state index contributed by atoms with van der Waals surface area (Å²) in [4.78, 5) is 14.2. The van der Waals surface area contributed by atoms with E-state index in [4.69, 9.17) is 9.84 Å². The first-order chi connectivity index (χ1) is 10.2. The lowest BCUT2D eigenvalue weighted by Crippen LogP contribution is -2.45. The lowest BCUT2D eigenvalue weighted by molar-refractivity contribution is -0.136. The summed E-state index contributed by atoms with van der Waals surface area (Å²) in [5, 5.41) is 8.95. The second-order valence-electron chi connectivity index (χ2n) is 5.30. The minimum absolute atomic E-state index is 0.128. The fourth-order valence-electron chi connectivity index (χ4n) is 2.41. The molecule has 0 radical (unpaired) electrons. The summed E-state index contributed by atoms with van der Waals surface area (Å²) in [5.74, 6) is 0.894. The number of benzene rings is 1. The second kappa shape index (κ2) is 8.39. The van der Waals surface area contributed by atoms with Crippen LogP contribution in [0.4, 0.5) is 0 Å². The molecule has 1 aromatic rings. The molecule has 1 aliphatic carbocycles. The number of carbonyl (C=O) groups is 1. The van der Waals surface area contributed by atoms with Gasteiger partial charge in [0, 0.05) is 23.7 Å². The van der Waals surface area contributed by atoms with E-state index in [2.05, 4.69) is 15.9 Å². The number of hydrogen-bond donors (Lipinski definition) is 1. The first-order valence-corrected chi connectivity index (χ1v) is 8.28. The van der Waals surface area contributed by atoms with Gasteiger partial charge in [0.15, 0.2) is 0 Å². The first-order valence-electron chi connectivity index (χ1n) is 7.49. The van der Waals surface area contributed by atoms with Gasteiger partial charge in [-0.05, 0) is 43.9 Å². The Labute approximate surface area is 134 Å². The van der Waals surface area contributed by atoms with Crippen LogP contribution in [0.1, 0.15) is 32.1 Å². The molecule has 0 bridgehead atoms. The van der Waals surface area contributed by atoms with Crippen molar-refractivity contribution in [2.45, 2.75) is 38.1 Å². The van der Waals surface area contributed by atoms with Gasteiger partial charge in [-0.2, -0.15) is 0 Å². The third-order valence-electron chi connectivity index (χ3n) is 3.77. The van der Waals surface area contributed by atoms with E-state index < -0.39 is 0 Å². The fraction of sp³-hybridized carbons (Fsp3) is 0.562. The Balaban J connectivity index is 1.78. The predicted octanol–water partition coefficient (Wildman–Crippen LogP) is 2.98. The Bertz CT molecular complexity index is 463. The summed E-state index contributed by atoms with van der Waals surface area (Å²) < 4.78 is 6.58. The van der Waals surface area contributed by atoms with E-state index in [0.717, 1.165) is 23.1 Å². The molecule has 5 heteroatoms. The number of halogens is 1. The van der Waals surface area contributed by atoms with Gasteiger partial charge in [0.2, 0.25) is 5.91 Å². The van der Waals surface area contributed by atoms with Crippen molar-refractivity contribution >= 4 is 21.8 Å². The fourth-order valence-corrected chi connectivity index (χ4v) is 2.79. The van der Waals surface area contributed by atoms with Crippen LogP contribution in [0.15, 0.2) is 28.7 Å². The maximum absolute atomic E-state index is 12.3. The highest BCUT2D eigenvalue weighted by molar-refractivity contribution is 9.10. The molecule has 1 amide bonds. The zero-order valence-electron chi connectivity index (χ0n) is 12.1. The lowest BCUT2D eigenvalue weighted by atomic mass is 9.91. The quantitative estimate of drug-likeness (QED) is 0.779. The summed E-state index contributed by atoms with van der Waals surface area (Å²) in [6.07, 6.45) is 4.40. The van der Waals surface area contributed by atoms with Crippen LogP contribution in [-0.4, -0.2) is 41.7 Å². The standard InChI is InChI=1S/C16H22BrNO3/c17-13-4-1-7-15(12-13)21-11-8-16(20)18(9-3-10-19)14-5-2-6-14/h1,4,7,12,14,19H,2-3,5-6,8-11H2. The van der Waals surface area contributed by atoms with Crippen molar-refractivity contribution in [1.29, 1.82) is 0 Å². The molecule has 0 atom stereocenters. The number of rotatable bonds is 8. The molecule has 4 nitrogen and oxygen atoms in total. The van der Waals surface area contributed by atoms with Gasteiger partial charge in [0.05, 0.1) is 13.0 Å². The number of carbonyl (C=O) groups excluding carboxylic acids is 1. The van der Waals surface area contributed by atoms with Crippen LogP contribution < -0.4 is 4.74 Å². The van der Waals surface area contributed by atoms with Crippen molar-refractivity contribution in [1.82, 2.24) is 4.90 Å².